The van der Waals surface area contributed by atoms with Gasteiger partial charge in [0.05, 0.1) is 0 Å². The van der Waals surface area contributed by atoms with Gasteiger partial charge in [0.2, 0.25) is 5.95 Å². The van der Waals surface area contributed by atoms with Crippen LogP contribution in [0.5, 0.6) is 0 Å². The van der Waals surface area contributed by atoms with Crippen molar-refractivity contribution in [2.75, 3.05) is 5.32 Å². The maximum Gasteiger partial charge on any atom is 0.222 e. The minimum Gasteiger partial charge on any atom is -0.352 e. The summed E-state index contributed by atoms with van der Waals surface area (Å²) in [5, 5.41) is 3.19. The number of benzene rings is 1. The predicted octanol–water partition coefficient (Wildman–Crippen LogP) is 4.48. The number of rotatable bonds is 5. The normalized spacial score (nSPS) is 12.4. The van der Waals surface area contributed by atoms with Crippen LogP contribution in [0.4, 0.5) is 5.95 Å². The molecule has 2 rings (SSSR count). The lowest BCUT2D eigenvalue weighted by atomic mass is 9.96. The van der Waals surface area contributed by atoms with Gasteiger partial charge in [-0.3, -0.25) is 0 Å². The molecule has 1 atom stereocenters. The number of hydrogen-bond acceptors (Lipinski definition) is 3. The van der Waals surface area contributed by atoms with E-state index in [0.717, 1.165) is 17.5 Å². The summed E-state index contributed by atoms with van der Waals surface area (Å²) in [5.74, 6) is 1.29. The van der Waals surface area contributed by atoms with E-state index in [4.69, 9.17) is 0 Å². The summed E-state index contributed by atoms with van der Waals surface area (Å²) in [7, 11) is 0. The maximum absolute atomic E-state index is 4.35. The largest absolute Gasteiger partial charge is 0.352 e. The average molecular weight is 269 g/mol. The summed E-state index contributed by atoms with van der Waals surface area (Å²) < 4.78 is 0. The zero-order chi connectivity index (χ0) is 14.5. The van der Waals surface area contributed by atoms with Crippen molar-refractivity contribution < 1.29 is 0 Å². The average Bonchev–Trinajstić information content (AvgIpc) is 2.47. The fourth-order valence-electron chi connectivity index (χ4n) is 2.05. The van der Waals surface area contributed by atoms with Crippen molar-refractivity contribution in [3.05, 3.63) is 42.2 Å². The van der Waals surface area contributed by atoms with E-state index in [9.17, 15) is 0 Å². The van der Waals surface area contributed by atoms with Gasteiger partial charge < -0.3 is 5.32 Å². The Morgan fingerprint density at radius 3 is 2.05 bits per heavy atom. The summed E-state index contributed by atoms with van der Waals surface area (Å²) in [6, 6.07) is 9.04. The molecule has 1 aromatic carbocycles. The molecule has 0 aliphatic carbocycles. The number of hydrogen-bond donors (Lipinski definition) is 1. The van der Waals surface area contributed by atoms with E-state index < -0.39 is 0 Å². The van der Waals surface area contributed by atoms with Gasteiger partial charge in [0.15, 0.2) is 0 Å². The van der Waals surface area contributed by atoms with Crippen molar-refractivity contribution in [2.24, 2.45) is 0 Å². The summed E-state index contributed by atoms with van der Waals surface area (Å²) in [6.07, 6.45) is 4.91. The number of nitrogens with zero attached hydrogens (tertiary/aromatic N) is 2. The van der Waals surface area contributed by atoms with E-state index in [-0.39, 0.29) is 0 Å². The molecule has 0 aliphatic rings. The van der Waals surface area contributed by atoms with Crippen LogP contribution in [-0.2, 0) is 0 Å². The second kappa shape index (κ2) is 6.51. The van der Waals surface area contributed by atoms with Gasteiger partial charge in [0, 0.05) is 24.0 Å². The molecule has 0 aliphatic heterocycles. The molecule has 0 spiro atoms. The van der Waals surface area contributed by atoms with Gasteiger partial charge >= 0.3 is 0 Å². The zero-order valence-corrected chi connectivity index (χ0v) is 12.7. The van der Waals surface area contributed by atoms with Gasteiger partial charge in [0.1, 0.15) is 0 Å². The highest BCUT2D eigenvalue weighted by Crippen LogP contribution is 2.23. The fraction of sp³-hybridized carbons (Fsp3) is 0.412. The van der Waals surface area contributed by atoms with Gasteiger partial charge in [-0.15, -0.1) is 0 Å². The van der Waals surface area contributed by atoms with Crippen LogP contribution in [0, 0.1) is 0 Å². The molecule has 0 saturated heterocycles. The fourth-order valence-corrected chi connectivity index (χ4v) is 2.05. The van der Waals surface area contributed by atoms with Crippen molar-refractivity contribution in [1.82, 2.24) is 9.97 Å². The van der Waals surface area contributed by atoms with Gasteiger partial charge in [-0.05, 0) is 37.3 Å². The van der Waals surface area contributed by atoms with E-state index in [1.807, 2.05) is 12.4 Å². The smallest absolute Gasteiger partial charge is 0.222 e. The Bertz CT molecular complexity index is 529. The first-order chi connectivity index (χ1) is 9.60. The summed E-state index contributed by atoms with van der Waals surface area (Å²) in [5.41, 5.74) is 3.60. The van der Waals surface area contributed by atoms with Crippen molar-refractivity contribution in [3.63, 3.8) is 0 Å². The first-order valence-corrected chi connectivity index (χ1v) is 7.29. The highest BCUT2D eigenvalue weighted by atomic mass is 15.1. The number of nitrogens with one attached hydrogen (secondary N) is 1. The van der Waals surface area contributed by atoms with Crippen molar-refractivity contribution in [2.45, 2.75) is 46.1 Å². The predicted molar refractivity (Wildman–Crippen MR) is 84.9 cm³/mol. The molecule has 0 amide bonds. The molecule has 2 aromatic rings. The third-order valence-electron chi connectivity index (χ3n) is 3.50. The highest BCUT2D eigenvalue weighted by molar-refractivity contribution is 5.62. The lowest BCUT2D eigenvalue weighted by molar-refractivity contribution is 0.734. The molecular weight excluding hydrogens is 246 g/mol. The Hall–Kier alpha value is -1.90. The summed E-state index contributed by atoms with van der Waals surface area (Å²) in [6.45, 7) is 8.62. The van der Waals surface area contributed by atoms with Crippen molar-refractivity contribution in [3.8, 4) is 11.1 Å². The van der Waals surface area contributed by atoms with E-state index >= 15 is 0 Å². The van der Waals surface area contributed by atoms with Crippen LogP contribution in [0.25, 0.3) is 11.1 Å². The summed E-state index contributed by atoms with van der Waals surface area (Å²) >= 11 is 0. The van der Waals surface area contributed by atoms with Crippen LogP contribution < -0.4 is 5.32 Å². The van der Waals surface area contributed by atoms with E-state index in [2.05, 4.69) is 67.2 Å². The molecule has 0 fully saturated rings. The molecule has 106 valence electrons. The van der Waals surface area contributed by atoms with Gasteiger partial charge in [-0.2, -0.15) is 0 Å². The molecule has 1 heterocycles. The lowest BCUT2D eigenvalue weighted by Gasteiger charge is -2.10. The van der Waals surface area contributed by atoms with Crippen LogP contribution >= 0.6 is 0 Å². The molecule has 0 saturated carbocycles. The molecule has 20 heavy (non-hydrogen) atoms. The van der Waals surface area contributed by atoms with E-state index in [1.54, 1.807) is 0 Å². The van der Waals surface area contributed by atoms with Crippen molar-refractivity contribution in [1.29, 1.82) is 0 Å². The van der Waals surface area contributed by atoms with E-state index in [1.165, 1.54) is 5.56 Å². The number of aromatic nitrogens is 2. The second-order valence-corrected chi connectivity index (χ2v) is 5.53. The molecule has 1 N–H and O–H groups in total. The Morgan fingerprint density at radius 2 is 1.55 bits per heavy atom. The highest BCUT2D eigenvalue weighted by Gasteiger charge is 2.05. The number of anilines is 1. The first-order valence-electron chi connectivity index (χ1n) is 7.29. The Balaban J connectivity index is 2.15. The molecule has 0 bridgehead atoms. The van der Waals surface area contributed by atoms with Crippen LogP contribution in [0.3, 0.4) is 0 Å². The molecule has 3 heteroatoms. The minimum atomic E-state index is 0.343. The third-order valence-corrected chi connectivity index (χ3v) is 3.50. The van der Waals surface area contributed by atoms with Crippen LogP contribution in [0.15, 0.2) is 36.7 Å². The summed E-state index contributed by atoms with van der Waals surface area (Å²) in [4.78, 5) is 8.69. The molecular formula is C17H23N3. The van der Waals surface area contributed by atoms with Crippen LogP contribution in [0.2, 0.25) is 0 Å². The van der Waals surface area contributed by atoms with Crippen molar-refractivity contribution >= 4 is 5.95 Å². The molecule has 1 unspecified atom stereocenters. The maximum atomic E-state index is 4.35. The van der Waals surface area contributed by atoms with Crippen LogP contribution in [0.1, 0.15) is 45.6 Å². The molecule has 3 nitrogen and oxygen atoms in total. The standard InChI is InChI=1S/C17H23N3/c1-5-13(4)14-6-8-15(9-7-14)16-10-18-17(19-11-16)20-12(2)3/h6-13H,5H2,1-4H3,(H,18,19,20). The van der Waals surface area contributed by atoms with E-state index in [0.29, 0.717) is 17.9 Å². The van der Waals surface area contributed by atoms with Gasteiger partial charge in [-0.1, -0.05) is 38.1 Å². The molecule has 0 radical (unpaired) electrons. The quantitative estimate of drug-likeness (QED) is 0.869. The van der Waals surface area contributed by atoms with Gasteiger partial charge in [-0.25, -0.2) is 9.97 Å². The van der Waals surface area contributed by atoms with Crippen LogP contribution in [-0.4, -0.2) is 16.0 Å². The lowest BCUT2D eigenvalue weighted by Crippen LogP contribution is -2.12. The Morgan fingerprint density at radius 1 is 0.950 bits per heavy atom. The third kappa shape index (κ3) is 3.56. The minimum absolute atomic E-state index is 0.343. The molecule has 1 aromatic heterocycles. The zero-order valence-electron chi connectivity index (χ0n) is 12.7. The van der Waals surface area contributed by atoms with Gasteiger partial charge in [0.25, 0.3) is 0 Å². The topological polar surface area (TPSA) is 37.8 Å². The second-order valence-electron chi connectivity index (χ2n) is 5.53. The Labute approximate surface area is 121 Å². The monoisotopic (exact) mass is 269 g/mol. The first kappa shape index (κ1) is 14.5. The SMILES string of the molecule is CCC(C)c1ccc(-c2cnc(NC(C)C)nc2)cc1. The Kier molecular flexibility index (Phi) is 4.72.